The number of methoxy groups -OCH3 is 1. The molecule has 5 rings (SSSR count). The van der Waals surface area contributed by atoms with E-state index in [1.807, 2.05) is 49.4 Å². The Hall–Kier alpha value is -4.59. The third kappa shape index (κ3) is 4.21. The summed E-state index contributed by atoms with van der Waals surface area (Å²) in [7, 11) is 1.63. The summed E-state index contributed by atoms with van der Waals surface area (Å²) in [6.07, 6.45) is 0. The highest BCUT2D eigenvalue weighted by atomic mass is 16.5. The van der Waals surface area contributed by atoms with Gasteiger partial charge in [0.15, 0.2) is 5.58 Å². The minimum Gasteiger partial charge on any atom is -0.497 e. The van der Waals surface area contributed by atoms with E-state index in [2.05, 4.69) is 15.6 Å². The summed E-state index contributed by atoms with van der Waals surface area (Å²) >= 11 is 0. The van der Waals surface area contributed by atoms with Crippen molar-refractivity contribution in [2.24, 2.45) is 0 Å². The molecule has 0 fully saturated rings. The molecule has 2 N–H and O–H groups in total. The molecule has 3 aromatic carbocycles. The van der Waals surface area contributed by atoms with Gasteiger partial charge in [-0.25, -0.2) is 9.78 Å². The standard InChI is InChI=1S/C26H22N4O4/c1-16-13-24(27-17-7-10-19(33-2)11-8-17)29-21-12-9-18(14-20(16)21)28-25(31)15-30-22-5-3-4-6-23(22)34-26(30)32/h3-14H,15H2,1-2H3,(H,27,29)(H,28,31). The van der Waals surface area contributed by atoms with Crippen molar-refractivity contribution in [3.8, 4) is 5.75 Å². The van der Waals surface area contributed by atoms with Gasteiger partial charge in [0.25, 0.3) is 0 Å². The molecule has 8 heteroatoms. The van der Waals surface area contributed by atoms with Crippen LogP contribution in [0.1, 0.15) is 5.56 Å². The summed E-state index contributed by atoms with van der Waals surface area (Å²) in [4.78, 5) is 29.5. The molecule has 0 radical (unpaired) electrons. The highest BCUT2D eigenvalue weighted by Gasteiger charge is 2.13. The number of anilines is 3. The number of aromatic nitrogens is 2. The maximum atomic E-state index is 12.7. The first kappa shape index (κ1) is 21.3. The molecule has 0 atom stereocenters. The fraction of sp³-hybridized carbons (Fsp3) is 0.115. The molecular formula is C26H22N4O4. The van der Waals surface area contributed by atoms with Gasteiger partial charge in [-0.1, -0.05) is 12.1 Å². The van der Waals surface area contributed by atoms with Crippen molar-refractivity contribution in [2.75, 3.05) is 17.7 Å². The van der Waals surface area contributed by atoms with Gasteiger partial charge in [-0.15, -0.1) is 0 Å². The van der Waals surface area contributed by atoms with Gasteiger partial charge in [0.2, 0.25) is 5.91 Å². The number of aryl methyl sites for hydroxylation is 1. The van der Waals surface area contributed by atoms with Gasteiger partial charge in [-0.05, 0) is 73.2 Å². The molecule has 2 heterocycles. The third-order valence-electron chi connectivity index (χ3n) is 5.54. The van der Waals surface area contributed by atoms with Crippen molar-refractivity contribution >= 4 is 45.1 Å². The smallest absolute Gasteiger partial charge is 0.420 e. The molecule has 0 saturated heterocycles. The van der Waals surface area contributed by atoms with Gasteiger partial charge in [0.05, 0.1) is 18.1 Å². The second-order valence-corrected chi connectivity index (χ2v) is 7.88. The molecule has 1 amide bonds. The van der Waals surface area contributed by atoms with Gasteiger partial charge in [0, 0.05) is 16.8 Å². The molecule has 0 aliphatic heterocycles. The Balaban J connectivity index is 1.34. The molecule has 0 bridgehead atoms. The van der Waals surface area contributed by atoms with Crippen molar-refractivity contribution in [2.45, 2.75) is 13.5 Å². The van der Waals surface area contributed by atoms with E-state index in [1.54, 1.807) is 37.4 Å². The van der Waals surface area contributed by atoms with E-state index < -0.39 is 5.76 Å². The summed E-state index contributed by atoms with van der Waals surface area (Å²) in [5.41, 5.74) is 4.36. The lowest BCUT2D eigenvalue weighted by atomic mass is 10.1. The van der Waals surface area contributed by atoms with E-state index in [1.165, 1.54) is 4.57 Å². The Bertz CT molecular complexity index is 1570. The van der Waals surface area contributed by atoms with Crippen molar-refractivity contribution < 1.29 is 13.9 Å². The first-order valence-corrected chi connectivity index (χ1v) is 10.7. The van der Waals surface area contributed by atoms with E-state index in [9.17, 15) is 9.59 Å². The Morgan fingerprint density at radius 1 is 1.03 bits per heavy atom. The number of nitrogens with zero attached hydrogens (tertiary/aromatic N) is 2. The monoisotopic (exact) mass is 454 g/mol. The van der Waals surface area contributed by atoms with Crippen LogP contribution < -0.4 is 21.1 Å². The Morgan fingerprint density at radius 2 is 1.79 bits per heavy atom. The molecule has 0 saturated carbocycles. The van der Waals surface area contributed by atoms with Crippen LogP contribution in [0.4, 0.5) is 17.2 Å². The highest BCUT2D eigenvalue weighted by Crippen LogP contribution is 2.26. The van der Waals surface area contributed by atoms with Gasteiger partial charge in [0.1, 0.15) is 18.1 Å². The number of hydrogen-bond donors (Lipinski definition) is 2. The second kappa shape index (κ2) is 8.74. The summed E-state index contributed by atoms with van der Waals surface area (Å²) in [6.45, 7) is 1.85. The zero-order valence-corrected chi connectivity index (χ0v) is 18.7. The molecule has 0 spiro atoms. The SMILES string of the molecule is COc1ccc(Nc2cc(C)c3cc(NC(=O)Cn4c(=O)oc5ccccc54)ccc3n2)cc1. The van der Waals surface area contributed by atoms with Gasteiger partial charge >= 0.3 is 5.76 Å². The lowest BCUT2D eigenvalue weighted by molar-refractivity contribution is -0.116. The average Bonchev–Trinajstić information content (AvgIpc) is 3.15. The van der Waals surface area contributed by atoms with Crippen LogP contribution in [0.15, 0.2) is 82.0 Å². The number of benzene rings is 3. The van der Waals surface area contributed by atoms with Gasteiger partial charge in [-0.3, -0.25) is 9.36 Å². The molecule has 0 aliphatic carbocycles. The molecule has 5 aromatic rings. The largest absolute Gasteiger partial charge is 0.497 e. The number of pyridine rings is 1. The zero-order chi connectivity index (χ0) is 23.7. The Morgan fingerprint density at radius 3 is 2.59 bits per heavy atom. The van der Waals surface area contributed by atoms with Crippen LogP contribution in [0.2, 0.25) is 0 Å². The van der Waals surface area contributed by atoms with E-state index in [-0.39, 0.29) is 12.5 Å². The first-order chi connectivity index (χ1) is 16.5. The third-order valence-corrected chi connectivity index (χ3v) is 5.54. The number of amides is 1. The van der Waals surface area contributed by atoms with Crippen LogP contribution in [0.5, 0.6) is 5.75 Å². The van der Waals surface area contributed by atoms with Crippen molar-refractivity contribution in [3.63, 3.8) is 0 Å². The minimum absolute atomic E-state index is 0.143. The molecular weight excluding hydrogens is 432 g/mol. The molecule has 0 aliphatic rings. The van der Waals surface area contributed by atoms with Crippen LogP contribution in [0, 0.1) is 6.92 Å². The molecule has 2 aromatic heterocycles. The first-order valence-electron chi connectivity index (χ1n) is 10.7. The molecule has 170 valence electrons. The minimum atomic E-state index is -0.563. The maximum absolute atomic E-state index is 12.7. The highest BCUT2D eigenvalue weighted by molar-refractivity contribution is 5.95. The predicted molar refractivity (Wildman–Crippen MR) is 132 cm³/mol. The lowest BCUT2D eigenvalue weighted by Gasteiger charge is -2.11. The second-order valence-electron chi connectivity index (χ2n) is 7.88. The quantitative estimate of drug-likeness (QED) is 0.381. The summed E-state index contributed by atoms with van der Waals surface area (Å²) in [6, 6.07) is 22.1. The fourth-order valence-electron chi connectivity index (χ4n) is 3.87. The summed E-state index contributed by atoms with van der Waals surface area (Å²) in [5.74, 6) is 0.620. The number of para-hydroxylation sites is 2. The van der Waals surface area contributed by atoms with E-state index >= 15 is 0 Å². The van der Waals surface area contributed by atoms with Crippen LogP contribution >= 0.6 is 0 Å². The number of carbonyl (C=O) groups excluding carboxylic acids is 1. The zero-order valence-electron chi connectivity index (χ0n) is 18.7. The summed E-state index contributed by atoms with van der Waals surface area (Å²) in [5, 5.41) is 7.08. The van der Waals surface area contributed by atoms with Crippen LogP contribution in [-0.2, 0) is 11.3 Å². The van der Waals surface area contributed by atoms with Crippen molar-refractivity contribution in [1.82, 2.24) is 9.55 Å². The van der Waals surface area contributed by atoms with Crippen molar-refractivity contribution in [1.29, 1.82) is 0 Å². The normalized spacial score (nSPS) is 11.0. The van der Waals surface area contributed by atoms with Gasteiger partial charge in [-0.2, -0.15) is 0 Å². The number of ether oxygens (including phenoxy) is 1. The number of carbonyl (C=O) groups is 1. The van der Waals surface area contributed by atoms with Crippen molar-refractivity contribution in [3.05, 3.63) is 88.9 Å². The van der Waals surface area contributed by atoms with Crippen LogP contribution in [-0.4, -0.2) is 22.6 Å². The predicted octanol–water partition coefficient (Wildman–Crippen LogP) is 4.84. The van der Waals surface area contributed by atoms with E-state index in [4.69, 9.17) is 9.15 Å². The number of hydrogen-bond acceptors (Lipinski definition) is 6. The number of nitrogens with one attached hydrogen (secondary N) is 2. The molecule has 8 nitrogen and oxygen atoms in total. The number of fused-ring (bicyclic) bond motifs is 2. The van der Waals surface area contributed by atoms with Crippen LogP contribution in [0.25, 0.3) is 22.0 Å². The number of oxazole rings is 1. The van der Waals surface area contributed by atoms with E-state index in [0.29, 0.717) is 16.8 Å². The maximum Gasteiger partial charge on any atom is 0.420 e. The average molecular weight is 454 g/mol. The Kier molecular flexibility index (Phi) is 5.47. The van der Waals surface area contributed by atoms with E-state index in [0.717, 1.165) is 33.7 Å². The Labute approximate surface area is 194 Å². The molecule has 34 heavy (non-hydrogen) atoms. The van der Waals surface area contributed by atoms with Crippen LogP contribution in [0.3, 0.4) is 0 Å². The number of rotatable bonds is 6. The molecule has 0 unspecified atom stereocenters. The topological polar surface area (TPSA) is 98.4 Å². The van der Waals surface area contributed by atoms with Gasteiger partial charge < -0.3 is 19.8 Å². The fourth-order valence-corrected chi connectivity index (χ4v) is 3.87. The summed E-state index contributed by atoms with van der Waals surface area (Å²) < 4.78 is 11.7. The lowest BCUT2D eigenvalue weighted by Crippen LogP contribution is -2.24.